The van der Waals surface area contributed by atoms with Crippen molar-refractivity contribution in [1.82, 2.24) is 9.88 Å². The number of rotatable bonds is 8. The van der Waals surface area contributed by atoms with E-state index < -0.39 is 9.84 Å². The molecule has 2 amide bonds. The maximum atomic E-state index is 13.3. The zero-order chi connectivity index (χ0) is 29.3. The first-order valence-electron chi connectivity index (χ1n) is 13.4. The Bertz CT molecular complexity index is 1660. The molecule has 0 saturated carbocycles. The summed E-state index contributed by atoms with van der Waals surface area (Å²) >= 11 is 0. The second-order valence-electron chi connectivity index (χ2n) is 10.6. The van der Waals surface area contributed by atoms with Crippen LogP contribution >= 0.6 is 0 Å². The molecule has 0 spiro atoms. The molecule has 12 heteroatoms. The second kappa shape index (κ2) is 12.5. The number of nitrogens with zero attached hydrogens (tertiary/aromatic N) is 1. The lowest BCUT2D eigenvalue weighted by Crippen LogP contribution is -3.12. The highest BCUT2D eigenvalue weighted by molar-refractivity contribution is 7.90. The smallest absolute Gasteiger partial charge is 0.293 e. The Labute approximate surface area is 251 Å². The van der Waals surface area contributed by atoms with Gasteiger partial charge in [0, 0.05) is 22.6 Å². The van der Waals surface area contributed by atoms with Crippen molar-refractivity contribution in [2.45, 2.75) is 31.1 Å². The Hall–Kier alpha value is -3.93. The average molecular weight is 613 g/mol. The molecule has 2 aliphatic heterocycles. The van der Waals surface area contributed by atoms with Crippen LogP contribution in [-0.4, -0.2) is 69.8 Å². The van der Waals surface area contributed by atoms with Crippen molar-refractivity contribution in [2.75, 3.05) is 38.5 Å². The van der Waals surface area contributed by atoms with Crippen LogP contribution in [0.5, 0.6) is 0 Å². The predicted octanol–water partition coefficient (Wildman–Crippen LogP) is -1.25. The van der Waals surface area contributed by atoms with E-state index in [2.05, 4.69) is 17.3 Å². The third kappa shape index (κ3) is 6.28. The quantitative estimate of drug-likeness (QED) is 0.215. The number of amides is 2. The molecule has 0 aliphatic carbocycles. The number of benzene rings is 2. The highest BCUT2D eigenvalue weighted by Crippen LogP contribution is 2.36. The van der Waals surface area contributed by atoms with Crippen LogP contribution < -0.4 is 22.6 Å². The summed E-state index contributed by atoms with van der Waals surface area (Å²) in [6, 6.07) is 11.4. The molecule has 2 aliphatic rings. The van der Waals surface area contributed by atoms with E-state index in [1.54, 1.807) is 36.4 Å². The number of piperazine rings is 1. The van der Waals surface area contributed by atoms with Gasteiger partial charge in [0.25, 0.3) is 18.3 Å². The first kappa shape index (κ1) is 31.0. The van der Waals surface area contributed by atoms with E-state index in [0.29, 0.717) is 53.2 Å². The van der Waals surface area contributed by atoms with Gasteiger partial charge in [0.1, 0.15) is 6.61 Å². The number of fused-ring (bicyclic) bond motifs is 1. The molecule has 10 nitrogen and oxygen atoms in total. The lowest BCUT2D eigenvalue weighted by molar-refractivity contribution is -0.883. The van der Waals surface area contributed by atoms with E-state index in [1.807, 2.05) is 18.7 Å². The summed E-state index contributed by atoms with van der Waals surface area (Å²) in [5.41, 5.74) is 5.38. The molecule has 5 rings (SSSR count). The molecule has 2 aromatic carbocycles. The zero-order valence-corrected chi connectivity index (χ0v) is 25.2. The van der Waals surface area contributed by atoms with Gasteiger partial charge in [0.15, 0.2) is 9.84 Å². The molecule has 222 valence electrons. The van der Waals surface area contributed by atoms with Gasteiger partial charge in [-0.15, -0.1) is 0 Å². The predicted molar refractivity (Wildman–Crippen MR) is 154 cm³/mol. The minimum absolute atomic E-state index is 0. The summed E-state index contributed by atoms with van der Waals surface area (Å²) in [4.78, 5) is 43.3. The van der Waals surface area contributed by atoms with E-state index in [9.17, 15) is 22.8 Å². The standard InChI is InChI=1S/C30H32N4O6S.ClH/c1-19-27(31-20(2)28(19)30(37)34-12-10-33(3)11-13-34)15-25-24-14-23(8-9-26(24)32-29(25)36)41(38,39)17-22-6-4-21(5-7-22)16-40-18-35;/h4-9,14-15,18,31H,10-13,16-17H2,1-3H3,(H,32,36);1H/b25-15-;. The number of likely N-dealkylation sites (N-methyl/N-ethyl adjacent to an activating group) is 1. The van der Waals surface area contributed by atoms with Crippen molar-refractivity contribution >= 4 is 45.5 Å². The minimum Gasteiger partial charge on any atom is -1.00 e. The van der Waals surface area contributed by atoms with Gasteiger partial charge in [0.2, 0.25) is 0 Å². The van der Waals surface area contributed by atoms with Gasteiger partial charge < -0.3 is 37.2 Å². The summed E-state index contributed by atoms with van der Waals surface area (Å²) in [6.45, 7) is 7.36. The number of carbonyl (C=O) groups excluding carboxylic acids is 3. The van der Waals surface area contributed by atoms with Crippen LogP contribution in [0.25, 0.3) is 11.6 Å². The van der Waals surface area contributed by atoms with Crippen LogP contribution in [0.1, 0.15) is 44.0 Å². The van der Waals surface area contributed by atoms with Gasteiger partial charge in [-0.1, -0.05) is 24.3 Å². The lowest BCUT2D eigenvalue weighted by Gasteiger charge is -2.30. The fourth-order valence-corrected chi connectivity index (χ4v) is 6.67. The summed E-state index contributed by atoms with van der Waals surface area (Å²) in [6.07, 6.45) is 1.69. The highest BCUT2D eigenvalue weighted by atomic mass is 35.5. The van der Waals surface area contributed by atoms with E-state index in [1.165, 1.54) is 17.0 Å². The van der Waals surface area contributed by atoms with Gasteiger partial charge in [-0.05, 0) is 54.8 Å². The second-order valence-corrected chi connectivity index (χ2v) is 12.6. The van der Waals surface area contributed by atoms with E-state index >= 15 is 0 Å². The lowest BCUT2D eigenvalue weighted by atomic mass is 10.0. The zero-order valence-electron chi connectivity index (χ0n) is 23.6. The third-order valence-corrected chi connectivity index (χ3v) is 9.40. The Balaban J connectivity index is 0.00000405. The van der Waals surface area contributed by atoms with E-state index in [0.717, 1.165) is 29.9 Å². The number of aryl methyl sites for hydroxylation is 1. The number of sulfone groups is 1. The number of aromatic nitrogens is 1. The number of halogens is 1. The van der Waals surface area contributed by atoms with Crippen LogP contribution in [0, 0.1) is 13.8 Å². The number of nitrogens with one attached hydrogen (secondary N) is 3. The van der Waals surface area contributed by atoms with Crippen molar-refractivity contribution < 1.29 is 44.8 Å². The number of hydrogen-bond donors (Lipinski definition) is 3. The molecule has 3 N–H and O–H groups in total. The molecule has 0 bridgehead atoms. The molecule has 0 atom stereocenters. The molecule has 42 heavy (non-hydrogen) atoms. The van der Waals surface area contributed by atoms with E-state index in [-0.39, 0.29) is 41.5 Å². The summed E-state index contributed by atoms with van der Waals surface area (Å²) in [7, 11) is -1.61. The highest BCUT2D eigenvalue weighted by Gasteiger charge is 2.30. The van der Waals surface area contributed by atoms with Crippen molar-refractivity contribution in [3.05, 3.63) is 81.7 Å². The minimum atomic E-state index is -3.73. The number of anilines is 1. The average Bonchev–Trinajstić information content (AvgIpc) is 3.41. The van der Waals surface area contributed by atoms with Crippen LogP contribution in [0.4, 0.5) is 5.69 Å². The molecule has 1 saturated heterocycles. The molecular weight excluding hydrogens is 580 g/mol. The normalized spacial score (nSPS) is 16.1. The van der Waals surface area contributed by atoms with Gasteiger partial charge in [-0.3, -0.25) is 14.4 Å². The number of carbonyl (C=O) groups is 3. The number of H-pyrrole nitrogens is 1. The van der Waals surface area contributed by atoms with Crippen LogP contribution in [0.3, 0.4) is 0 Å². The maximum Gasteiger partial charge on any atom is 0.293 e. The Kier molecular flexibility index (Phi) is 9.24. The van der Waals surface area contributed by atoms with Gasteiger partial charge in [-0.2, -0.15) is 0 Å². The van der Waals surface area contributed by atoms with Crippen molar-refractivity contribution in [1.29, 1.82) is 0 Å². The Morgan fingerprint density at radius 2 is 1.74 bits per heavy atom. The fraction of sp³-hybridized carbons (Fsp3) is 0.300. The third-order valence-electron chi connectivity index (χ3n) is 7.71. The fourth-order valence-electron chi connectivity index (χ4n) is 5.30. The molecule has 0 radical (unpaired) electrons. The van der Waals surface area contributed by atoms with E-state index in [4.69, 9.17) is 4.74 Å². The van der Waals surface area contributed by atoms with Crippen LogP contribution in [0.2, 0.25) is 0 Å². The SMILES string of the molecule is Cc1[nH]c(/C=C2\C(=O)Nc3ccc(S(=O)(=O)Cc4ccc(COC=O)cc4)cc32)c(C)c1C(=O)N1CC[NH+](C)CC1.[Cl-]. The van der Waals surface area contributed by atoms with Gasteiger partial charge in [0.05, 0.1) is 55.0 Å². The Morgan fingerprint density at radius 3 is 2.40 bits per heavy atom. The van der Waals surface area contributed by atoms with Crippen LogP contribution in [-0.2, 0) is 36.5 Å². The molecule has 3 aromatic rings. The Morgan fingerprint density at radius 1 is 1.07 bits per heavy atom. The summed E-state index contributed by atoms with van der Waals surface area (Å²) in [5, 5.41) is 2.81. The van der Waals surface area contributed by atoms with Crippen molar-refractivity contribution in [2.24, 2.45) is 0 Å². The monoisotopic (exact) mass is 612 g/mol. The largest absolute Gasteiger partial charge is 1.00 e. The summed E-state index contributed by atoms with van der Waals surface area (Å²) in [5.74, 6) is -0.596. The van der Waals surface area contributed by atoms with Crippen LogP contribution in [0.15, 0.2) is 47.4 Å². The number of hydrogen-bond acceptors (Lipinski definition) is 6. The number of ether oxygens (including phenoxy) is 1. The van der Waals surface area contributed by atoms with Gasteiger partial charge in [-0.25, -0.2) is 8.42 Å². The number of aromatic amines is 1. The van der Waals surface area contributed by atoms with Crippen molar-refractivity contribution in [3.8, 4) is 0 Å². The topological polar surface area (TPSA) is 130 Å². The number of quaternary nitrogens is 1. The molecular formula is C30H33ClN4O6S. The van der Waals surface area contributed by atoms with Gasteiger partial charge >= 0.3 is 0 Å². The first-order chi connectivity index (χ1) is 19.6. The molecule has 0 unspecified atom stereocenters. The first-order valence-corrected chi connectivity index (χ1v) is 15.1. The molecule has 3 heterocycles. The molecule has 1 fully saturated rings. The molecule has 1 aromatic heterocycles. The summed E-state index contributed by atoms with van der Waals surface area (Å²) < 4.78 is 31.3. The maximum absolute atomic E-state index is 13.3. The van der Waals surface area contributed by atoms with Crippen molar-refractivity contribution in [3.63, 3.8) is 0 Å².